The van der Waals surface area contributed by atoms with Gasteiger partial charge in [0.25, 0.3) is 5.91 Å². The lowest BCUT2D eigenvalue weighted by atomic mass is 10.2. The lowest BCUT2D eigenvalue weighted by Gasteiger charge is -2.12. The first-order valence-corrected chi connectivity index (χ1v) is 8.24. The zero-order chi connectivity index (χ0) is 16.8. The van der Waals surface area contributed by atoms with E-state index in [9.17, 15) is 4.79 Å². The van der Waals surface area contributed by atoms with E-state index < -0.39 is 5.91 Å². The van der Waals surface area contributed by atoms with E-state index in [1.165, 1.54) is 0 Å². The van der Waals surface area contributed by atoms with E-state index in [1.54, 1.807) is 12.1 Å². The van der Waals surface area contributed by atoms with Crippen molar-refractivity contribution in [3.63, 3.8) is 0 Å². The van der Waals surface area contributed by atoms with Crippen LogP contribution in [0.25, 0.3) is 0 Å². The third-order valence-corrected chi connectivity index (χ3v) is 3.33. The number of amides is 1. The number of thiocarbonyl (C=S) groups is 1. The van der Waals surface area contributed by atoms with Gasteiger partial charge in [-0.2, -0.15) is 0 Å². The first-order valence-electron chi connectivity index (χ1n) is 7.04. The van der Waals surface area contributed by atoms with Crippen LogP contribution < -0.4 is 15.4 Å². The second kappa shape index (κ2) is 8.12. The number of carbonyl (C=O) groups is 1. The second-order valence-corrected chi connectivity index (χ2v) is 6.43. The molecule has 1 aromatic carbocycles. The summed E-state index contributed by atoms with van der Waals surface area (Å²) >= 11 is 8.28. The Balaban J connectivity index is 1.92. The summed E-state index contributed by atoms with van der Waals surface area (Å²) in [5.74, 6) is 0.947. The standard InChI is InChI=1S/C16H17BrN2O3S/c1-10(2)9-21-12-5-3-4-11(8-12)18-16(23)19-15(20)13-6-7-14(17)22-13/h3-8,10H,9H2,1-2H3,(H2,18,19,20,23). The number of rotatable bonds is 5. The average molecular weight is 397 g/mol. The van der Waals surface area contributed by atoms with Gasteiger partial charge in [-0.25, -0.2) is 0 Å². The topological polar surface area (TPSA) is 63.5 Å². The molecule has 7 heteroatoms. The van der Waals surface area contributed by atoms with Crippen LogP contribution >= 0.6 is 28.1 Å². The molecule has 23 heavy (non-hydrogen) atoms. The largest absolute Gasteiger partial charge is 0.493 e. The summed E-state index contributed by atoms with van der Waals surface area (Å²) in [6, 6.07) is 10.6. The predicted octanol–water partition coefficient (Wildman–Crippen LogP) is 4.20. The van der Waals surface area contributed by atoms with Crippen LogP contribution in [0.15, 0.2) is 45.5 Å². The molecule has 0 spiro atoms. The molecular weight excluding hydrogens is 380 g/mol. The van der Waals surface area contributed by atoms with Crippen LogP contribution in [0.2, 0.25) is 0 Å². The molecular formula is C16H17BrN2O3S. The molecule has 0 unspecified atom stereocenters. The molecule has 0 saturated carbocycles. The van der Waals surface area contributed by atoms with Gasteiger partial charge in [-0.05, 0) is 58.3 Å². The first-order chi connectivity index (χ1) is 10.9. The number of hydrogen-bond acceptors (Lipinski definition) is 4. The number of carbonyl (C=O) groups excluding carboxylic acids is 1. The minimum Gasteiger partial charge on any atom is -0.493 e. The highest BCUT2D eigenvalue weighted by molar-refractivity contribution is 9.10. The fourth-order valence-electron chi connectivity index (χ4n) is 1.69. The molecule has 0 radical (unpaired) electrons. The van der Waals surface area contributed by atoms with E-state index in [0.29, 0.717) is 17.2 Å². The summed E-state index contributed by atoms with van der Waals surface area (Å²) in [5.41, 5.74) is 0.734. The van der Waals surface area contributed by atoms with Crippen molar-refractivity contribution in [3.05, 3.63) is 46.8 Å². The van der Waals surface area contributed by atoms with Gasteiger partial charge in [0.15, 0.2) is 15.5 Å². The molecule has 122 valence electrons. The van der Waals surface area contributed by atoms with E-state index in [4.69, 9.17) is 21.4 Å². The van der Waals surface area contributed by atoms with Crippen molar-refractivity contribution in [2.75, 3.05) is 11.9 Å². The van der Waals surface area contributed by atoms with Crippen molar-refractivity contribution < 1.29 is 13.9 Å². The summed E-state index contributed by atoms with van der Waals surface area (Å²) in [4.78, 5) is 11.9. The van der Waals surface area contributed by atoms with E-state index in [-0.39, 0.29) is 10.9 Å². The summed E-state index contributed by atoms with van der Waals surface area (Å²) in [6.07, 6.45) is 0. The molecule has 0 aliphatic carbocycles. The van der Waals surface area contributed by atoms with Crippen molar-refractivity contribution in [1.29, 1.82) is 0 Å². The Bertz CT molecular complexity index is 700. The Labute approximate surface area is 148 Å². The van der Waals surface area contributed by atoms with Gasteiger partial charge in [0.2, 0.25) is 0 Å². The van der Waals surface area contributed by atoms with Crippen LogP contribution in [-0.4, -0.2) is 17.6 Å². The number of anilines is 1. The average Bonchev–Trinajstić information content (AvgIpc) is 2.92. The van der Waals surface area contributed by atoms with Gasteiger partial charge < -0.3 is 14.5 Å². The summed E-state index contributed by atoms with van der Waals surface area (Å²) in [6.45, 7) is 4.80. The summed E-state index contributed by atoms with van der Waals surface area (Å²) in [7, 11) is 0. The highest BCUT2D eigenvalue weighted by Gasteiger charge is 2.12. The highest BCUT2D eigenvalue weighted by Crippen LogP contribution is 2.18. The molecule has 1 aromatic heterocycles. The van der Waals surface area contributed by atoms with Crippen molar-refractivity contribution in [3.8, 4) is 5.75 Å². The molecule has 2 N–H and O–H groups in total. The van der Waals surface area contributed by atoms with Crippen LogP contribution in [0.4, 0.5) is 5.69 Å². The van der Waals surface area contributed by atoms with Gasteiger partial charge in [0.05, 0.1) is 6.61 Å². The van der Waals surface area contributed by atoms with E-state index in [2.05, 4.69) is 40.4 Å². The quantitative estimate of drug-likeness (QED) is 0.741. The van der Waals surface area contributed by atoms with Crippen molar-refractivity contribution in [2.24, 2.45) is 5.92 Å². The third kappa shape index (κ3) is 5.69. The van der Waals surface area contributed by atoms with Gasteiger partial charge in [-0.3, -0.25) is 10.1 Å². The van der Waals surface area contributed by atoms with Gasteiger partial charge in [-0.1, -0.05) is 19.9 Å². The SMILES string of the molecule is CC(C)COc1cccc(NC(=S)NC(=O)c2ccc(Br)o2)c1. The number of hydrogen-bond donors (Lipinski definition) is 2. The molecule has 0 aliphatic rings. The predicted molar refractivity (Wildman–Crippen MR) is 96.9 cm³/mol. The molecule has 1 heterocycles. The van der Waals surface area contributed by atoms with E-state index >= 15 is 0 Å². The van der Waals surface area contributed by atoms with Crippen LogP contribution in [-0.2, 0) is 0 Å². The molecule has 0 fully saturated rings. The minimum atomic E-state index is -0.416. The van der Waals surface area contributed by atoms with E-state index in [0.717, 1.165) is 11.4 Å². The van der Waals surface area contributed by atoms with Crippen molar-refractivity contribution in [2.45, 2.75) is 13.8 Å². The molecule has 0 aliphatic heterocycles. The van der Waals surface area contributed by atoms with E-state index in [1.807, 2.05) is 24.3 Å². The maximum Gasteiger partial charge on any atom is 0.293 e. The normalized spacial score (nSPS) is 10.4. The van der Waals surface area contributed by atoms with Gasteiger partial charge in [0.1, 0.15) is 5.75 Å². The highest BCUT2D eigenvalue weighted by atomic mass is 79.9. The van der Waals surface area contributed by atoms with Crippen molar-refractivity contribution in [1.82, 2.24) is 5.32 Å². The van der Waals surface area contributed by atoms with Crippen LogP contribution in [0, 0.1) is 5.92 Å². The molecule has 2 rings (SSSR count). The molecule has 5 nitrogen and oxygen atoms in total. The van der Waals surface area contributed by atoms with Gasteiger partial charge in [-0.15, -0.1) is 0 Å². The molecule has 1 amide bonds. The minimum absolute atomic E-state index is 0.176. The monoisotopic (exact) mass is 396 g/mol. The maximum absolute atomic E-state index is 11.9. The smallest absolute Gasteiger partial charge is 0.293 e. The Morgan fingerprint density at radius 1 is 1.35 bits per heavy atom. The zero-order valence-corrected chi connectivity index (χ0v) is 15.2. The number of furan rings is 1. The molecule has 2 aromatic rings. The van der Waals surface area contributed by atoms with Gasteiger partial charge in [0, 0.05) is 11.8 Å². The van der Waals surface area contributed by atoms with Crippen LogP contribution in [0.5, 0.6) is 5.75 Å². The summed E-state index contributed by atoms with van der Waals surface area (Å²) < 4.78 is 11.3. The van der Waals surface area contributed by atoms with Crippen LogP contribution in [0.3, 0.4) is 0 Å². The Morgan fingerprint density at radius 3 is 2.78 bits per heavy atom. The lowest BCUT2D eigenvalue weighted by molar-refractivity contribution is 0.0949. The zero-order valence-electron chi connectivity index (χ0n) is 12.8. The van der Waals surface area contributed by atoms with Crippen LogP contribution in [0.1, 0.15) is 24.4 Å². The first kappa shape index (κ1) is 17.5. The number of benzene rings is 1. The third-order valence-electron chi connectivity index (χ3n) is 2.70. The number of halogens is 1. The number of ether oxygens (including phenoxy) is 1. The Morgan fingerprint density at radius 2 is 2.13 bits per heavy atom. The fraction of sp³-hybridized carbons (Fsp3) is 0.250. The Kier molecular flexibility index (Phi) is 6.18. The fourth-order valence-corrected chi connectivity index (χ4v) is 2.21. The summed E-state index contributed by atoms with van der Waals surface area (Å²) in [5, 5.41) is 5.68. The Hall–Kier alpha value is -1.86. The molecule has 0 saturated heterocycles. The molecule has 0 atom stereocenters. The van der Waals surface area contributed by atoms with Gasteiger partial charge >= 0.3 is 0 Å². The molecule has 0 bridgehead atoms. The maximum atomic E-state index is 11.9. The number of nitrogens with one attached hydrogen (secondary N) is 2. The van der Waals surface area contributed by atoms with Crippen molar-refractivity contribution >= 4 is 44.9 Å². The lowest BCUT2D eigenvalue weighted by Crippen LogP contribution is -2.33. The second-order valence-electron chi connectivity index (χ2n) is 5.24.